The van der Waals surface area contributed by atoms with Crippen LogP contribution in [0.2, 0.25) is 0 Å². The Hall–Kier alpha value is -1.22. The van der Waals surface area contributed by atoms with Crippen molar-refractivity contribution in [1.29, 1.82) is 0 Å². The molecule has 1 heterocycles. The third-order valence-corrected chi connectivity index (χ3v) is 3.42. The Morgan fingerprint density at radius 2 is 2.11 bits per heavy atom. The number of hydrogen-bond acceptors (Lipinski definition) is 2. The lowest BCUT2D eigenvalue weighted by molar-refractivity contribution is 0.866. The molecule has 1 aromatic carbocycles. The summed E-state index contributed by atoms with van der Waals surface area (Å²) in [6.07, 6.45) is 2.80. The standard InChI is InChI=1S/C15H20N2S/c1-10(2)12-5-4-11(3)13(8-12)14-9-16-15(17-14)6-7-18/h4-5,8-10,18H,6-7H2,1-3H3,(H,16,17). The molecular weight excluding hydrogens is 240 g/mol. The highest BCUT2D eigenvalue weighted by Gasteiger charge is 2.08. The fourth-order valence-corrected chi connectivity index (χ4v) is 2.23. The number of thiol groups is 1. The van der Waals surface area contributed by atoms with E-state index in [4.69, 9.17) is 0 Å². The van der Waals surface area contributed by atoms with Crippen molar-refractivity contribution in [2.45, 2.75) is 33.1 Å². The lowest BCUT2D eigenvalue weighted by Crippen LogP contribution is -1.92. The number of aryl methyl sites for hydroxylation is 2. The zero-order chi connectivity index (χ0) is 13.1. The molecule has 2 aromatic rings. The van der Waals surface area contributed by atoms with E-state index in [0.717, 1.165) is 23.7 Å². The molecule has 0 aliphatic carbocycles. The van der Waals surface area contributed by atoms with Gasteiger partial charge in [0.25, 0.3) is 0 Å². The first kappa shape index (κ1) is 13.2. The van der Waals surface area contributed by atoms with E-state index >= 15 is 0 Å². The van der Waals surface area contributed by atoms with E-state index in [0.29, 0.717) is 5.92 Å². The molecule has 2 rings (SSSR count). The molecule has 0 bridgehead atoms. The SMILES string of the molecule is Cc1ccc(C(C)C)cc1-c1cnc(CCS)[nH]1. The van der Waals surface area contributed by atoms with Gasteiger partial charge in [0.15, 0.2) is 0 Å². The highest BCUT2D eigenvalue weighted by molar-refractivity contribution is 7.80. The number of aromatic amines is 1. The quantitative estimate of drug-likeness (QED) is 0.800. The smallest absolute Gasteiger partial charge is 0.107 e. The number of benzene rings is 1. The third-order valence-electron chi connectivity index (χ3n) is 3.20. The molecule has 0 spiro atoms. The van der Waals surface area contributed by atoms with Crippen LogP contribution in [0.5, 0.6) is 0 Å². The molecule has 0 amide bonds. The lowest BCUT2D eigenvalue weighted by Gasteiger charge is -2.10. The second-order valence-electron chi connectivity index (χ2n) is 4.95. The topological polar surface area (TPSA) is 28.7 Å². The second-order valence-corrected chi connectivity index (χ2v) is 5.39. The summed E-state index contributed by atoms with van der Waals surface area (Å²) in [5, 5.41) is 0. The van der Waals surface area contributed by atoms with Gasteiger partial charge in [0.1, 0.15) is 5.82 Å². The van der Waals surface area contributed by atoms with Gasteiger partial charge < -0.3 is 4.98 Å². The van der Waals surface area contributed by atoms with Gasteiger partial charge in [0.05, 0.1) is 11.9 Å². The Morgan fingerprint density at radius 3 is 2.78 bits per heavy atom. The van der Waals surface area contributed by atoms with E-state index < -0.39 is 0 Å². The first-order chi connectivity index (χ1) is 8.61. The van der Waals surface area contributed by atoms with Crippen molar-refractivity contribution in [2.24, 2.45) is 0 Å². The minimum absolute atomic E-state index is 0.546. The van der Waals surface area contributed by atoms with Crippen LogP contribution in [0.4, 0.5) is 0 Å². The minimum atomic E-state index is 0.546. The van der Waals surface area contributed by atoms with Gasteiger partial charge in [0, 0.05) is 12.0 Å². The summed E-state index contributed by atoms with van der Waals surface area (Å²) in [5.74, 6) is 2.37. The number of hydrogen-bond donors (Lipinski definition) is 2. The number of nitrogens with one attached hydrogen (secondary N) is 1. The van der Waals surface area contributed by atoms with E-state index in [2.05, 4.69) is 61.6 Å². The Morgan fingerprint density at radius 1 is 1.33 bits per heavy atom. The molecule has 0 radical (unpaired) electrons. The van der Waals surface area contributed by atoms with Crippen molar-refractivity contribution in [3.8, 4) is 11.3 Å². The maximum Gasteiger partial charge on any atom is 0.107 e. The predicted molar refractivity (Wildman–Crippen MR) is 80.4 cm³/mol. The molecule has 0 saturated heterocycles. The number of aromatic nitrogens is 2. The monoisotopic (exact) mass is 260 g/mol. The molecule has 1 N–H and O–H groups in total. The van der Waals surface area contributed by atoms with Crippen LogP contribution in [0.1, 0.15) is 36.7 Å². The normalized spacial score (nSPS) is 11.2. The zero-order valence-corrected chi connectivity index (χ0v) is 12.1. The average molecular weight is 260 g/mol. The fourth-order valence-electron chi connectivity index (χ4n) is 2.02. The van der Waals surface area contributed by atoms with E-state index in [1.54, 1.807) is 0 Å². The highest BCUT2D eigenvalue weighted by Crippen LogP contribution is 2.26. The van der Waals surface area contributed by atoms with Gasteiger partial charge in [0.2, 0.25) is 0 Å². The molecule has 96 valence electrons. The summed E-state index contributed by atoms with van der Waals surface area (Å²) < 4.78 is 0. The zero-order valence-electron chi connectivity index (χ0n) is 11.2. The van der Waals surface area contributed by atoms with Crippen LogP contribution in [0.25, 0.3) is 11.3 Å². The maximum atomic E-state index is 4.39. The lowest BCUT2D eigenvalue weighted by atomic mass is 9.97. The summed E-state index contributed by atoms with van der Waals surface area (Å²) >= 11 is 4.23. The molecule has 0 aliphatic heterocycles. The summed E-state index contributed by atoms with van der Waals surface area (Å²) in [6, 6.07) is 6.65. The summed E-state index contributed by atoms with van der Waals surface area (Å²) in [6.45, 7) is 6.57. The van der Waals surface area contributed by atoms with Crippen molar-refractivity contribution >= 4 is 12.6 Å². The summed E-state index contributed by atoms with van der Waals surface area (Å²) in [4.78, 5) is 7.77. The fraction of sp³-hybridized carbons (Fsp3) is 0.400. The van der Waals surface area contributed by atoms with Gasteiger partial charge in [-0.25, -0.2) is 4.98 Å². The molecule has 1 aromatic heterocycles. The number of nitrogens with zero attached hydrogens (tertiary/aromatic N) is 1. The minimum Gasteiger partial charge on any atom is -0.342 e. The van der Waals surface area contributed by atoms with Crippen molar-refractivity contribution in [1.82, 2.24) is 9.97 Å². The van der Waals surface area contributed by atoms with Gasteiger partial charge in [-0.15, -0.1) is 0 Å². The first-order valence-electron chi connectivity index (χ1n) is 6.37. The van der Waals surface area contributed by atoms with Gasteiger partial charge in [-0.2, -0.15) is 12.6 Å². The molecule has 18 heavy (non-hydrogen) atoms. The number of H-pyrrole nitrogens is 1. The molecule has 3 heteroatoms. The Bertz CT molecular complexity index is 529. The van der Waals surface area contributed by atoms with Crippen molar-refractivity contribution in [3.05, 3.63) is 41.3 Å². The van der Waals surface area contributed by atoms with Crippen molar-refractivity contribution in [3.63, 3.8) is 0 Å². The number of imidazole rings is 1. The molecular formula is C15H20N2S. The van der Waals surface area contributed by atoms with Gasteiger partial charge in [-0.3, -0.25) is 0 Å². The van der Waals surface area contributed by atoms with E-state index in [-0.39, 0.29) is 0 Å². The van der Waals surface area contributed by atoms with Crippen LogP contribution in [0, 0.1) is 6.92 Å². The predicted octanol–water partition coefficient (Wildman–Crippen LogP) is 3.98. The van der Waals surface area contributed by atoms with E-state index in [9.17, 15) is 0 Å². The Labute approximate surface area is 114 Å². The van der Waals surface area contributed by atoms with Gasteiger partial charge in [-0.05, 0) is 35.8 Å². The van der Waals surface area contributed by atoms with E-state index in [1.807, 2.05) is 6.20 Å². The number of rotatable bonds is 4. The second kappa shape index (κ2) is 5.61. The van der Waals surface area contributed by atoms with Gasteiger partial charge in [-0.1, -0.05) is 26.0 Å². The molecule has 0 fully saturated rings. The molecule has 2 nitrogen and oxygen atoms in total. The molecule has 0 unspecified atom stereocenters. The van der Waals surface area contributed by atoms with Crippen LogP contribution >= 0.6 is 12.6 Å². The van der Waals surface area contributed by atoms with Gasteiger partial charge >= 0.3 is 0 Å². The highest BCUT2D eigenvalue weighted by atomic mass is 32.1. The average Bonchev–Trinajstić information content (AvgIpc) is 2.78. The van der Waals surface area contributed by atoms with Crippen LogP contribution in [-0.4, -0.2) is 15.7 Å². The largest absolute Gasteiger partial charge is 0.342 e. The van der Waals surface area contributed by atoms with Crippen LogP contribution in [0.15, 0.2) is 24.4 Å². The summed E-state index contributed by atoms with van der Waals surface area (Å²) in [5.41, 5.74) is 4.99. The molecule has 0 aliphatic rings. The van der Waals surface area contributed by atoms with E-state index in [1.165, 1.54) is 16.7 Å². The van der Waals surface area contributed by atoms with Crippen LogP contribution in [0.3, 0.4) is 0 Å². The van der Waals surface area contributed by atoms with Crippen molar-refractivity contribution in [2.75, 3.05) is 5.75 Å². The van der Waals surface area contributed by atoms with Crippen molar-refractivity contribution < 1.29 is 0 Å². The Balaban J connectivity index is 2.38. The van der Waals surface area contributed by atoms with Crippen LogP contribution < -0.4 is 0 Å². The maximum absolute atomic E-state index is 4.39. The Kier molecular flexibility index (Phi) is 4.12. The molecule has 0 atom stereocenters. The van der Waals surface area contributed by atoms with Crippen LogP contribution in [-0.2, 0) is 6.42 Å². The first-order valence-corrected chi connectivity index (χ1v) is 7.00. The molecule has 0 saturated carbocycles. The third kappa shape index (κ3) is 2.78. The summed E-state index contributed by atoms with van der Waals surface area (Å²) in [7, 11) is 0.